The fraction of sp³-hybridized carbons (Fsp3) is 0.522. The molecule has 5 rings (SSSR count). The predicted octanol–water partition coefficient (Wildman–Crippen LogP) is 1.67. The molecule has 31 heavy (non-hydrogen) atoms. The number of benzene rings is 1. The average molecular weight is 427 g/mol. The molecule has 0 saturated carbocycles. The number of rotatable bonds is 3. The molecule has 0 N–H and O–H groups in total. The van der Waals surface area contributed by atoms with Crippen LogP contribution < -0.4 is 9.47 Å². The van der Waals surface area contributed by atoms with Gasteiger partial charge in [-0.2, -0.15) is 0 Å². The van der Waals surface area contributed by atoms with Crippen molar-refractivity contribution in [2.45, 2.75) is 62.9 Å². The van der Waals surface area contributed by atoms with Crippen molar-refractivity contribution in [2.75, 3.05) is 13.7 Å². The van der Waals surface area contributed by atoms with E-state index in [0.717, 1.165) is 11.1 Å². The zero-order valence-electron chi connectivity index (χ0n) is 18.0. The zero-order chi connectivity index (χ0) is 22.1. The molecule has 1 saturated heterocycles. The molecule has 164 valence electrons. The zero-order valence-corrected chi connectivity index (χ0v) is 18.0. The van der Waals surface area contributed by atoms with Gasteiger partial charge in [0, 0.05) is 32.9 Å². The first kappa shape index (κ1) is 19.9. The molecule has 2 aliphatic heterocycles. The normalized spacial score (nSPS) is 33.8. The molecule has 2 heterocycles. The quantitative estimate of drug-likeness (QED) is 0.535. The molecule has 2 bridgehead atoms. The van der Waals surface area contributed by atoms with Crippen LogP contribution in [0.15, 0.2) is 24.3 Å². The van der Waals surface area contributed by atoms with Crippen molar-refractivity contribution in [1.29, 1.82) is 0 Å². The highest BCUT2D eigenvalue weighted by Gasteiger charge is 2.75. The van der Waals surface area contributed by atoms with Gasteiger partial charge in [-0.15, -0.1) is 0 Å². The van der Waals surface area contributed by atoms with Gasteiger partial charge in [0.05, 0.1) is 18.6 Å². The molecule has 1 fully saturated rings. The van der Waals surface area contributed by atoms with Crippen molar-refractivity contribution >= 4 is 17.8 Å². The summed E-state index contributed by atoms with van der Waals surface area (Å²) in [5, 5.41) is 0. The van der Waals surface area contributed by atoms with Crippen LogP contribution in [0, 0.1) is 0 Å². The molecule has 4 aliphatic rings. The lowest BCUT2D eigenvalue weighted by molar-refractivity contribution is -0.200. The van der Waals surface area contributed by atoms with Crippen LogP contribution in [0.5, 0.6) is 11.5 Å². The number of piperidine rings is 1. The molecule has 2 aliphatic carbocycles. The fourth-order valence-electron chi connectivity index (χ4n) is 6.29. The summed E-state index contributed by atoms with van der Waals surface area (Å²) in [7, 11) is 1.58. The monoisotopic (exact) mass is 427 g/mol. The molecule has 8 heteroatoms. The molecule has 0 aromatic heterocycles. The lowest BCUT2D eigenvalue weighted by atomic mass is 9.50. The Kier molecular flexibility index (Phi) is 4.16. The molecule has 0 unspecified atom stereocenters. The van der Waals surface area contributed by atoms with Crippen molar-refractivity contribution in [3.8, 4) is 11.5 Å². The maximum atomic E-state index is 12.6. The maximum absolute atomic E-state index is 12.6. The van der Waals surface area contributed by atoms with E-state index in [0.29, 0.717) is 30.9 Å². The van der Waals surface area contributed by atoms with Gasteiger partial charge in [0.25, 0.3) is 0 Å². The highest BCUT2D eigenvalue weighted by Crippen LogP contribution is 2.65. The van der Waals surface area contributed by atoms with Crippen molar-refractivity contribution in [2.24, 2.45) is 0 Å². The second kappa shape index (κ2) is 6.48. The van der Waals surface area contributed by atoms with Crippen LogP contribution in [-0.2, 0) is 35.7 Å². The maximum Gasteiger partial charge on any atom is 0.303 e. The summed E-state index contributed by atoms with van der Waals surface area (Å²) >= 11 is 0. The summed E-state index contributed by atoms with van der Waals surface area (Å²) in [6, 6.07) is 3.44. The Hall–Kier alpha value is -3.03. The van der Waals surface area contributed by atoms with Gasteiger partial charge >= 0.3 is 11.9 Å². The summed E-state index contributed by atoms with van der Waals surface area (Å²) in [5.41, 5.74) is 0.0176. The molecular formula is C23H25NO7. The van der Waals surface area contributed by atoms with Crippen molar-refractivity contribution in [1.82, 2.24) is 4.90 Å². The van der Waals surface area contributed by atoms with Crippen LogP contribution in [0.25, 0.3) is 0 Å². The lowest BCUT2D eigenvalue weighted by Gasteiger charge is -2.62. The molecule has 1 aromatic rings. The predicted molar refractivity (Wildman–Crippen MR) is 108 cm³/mol. The van der Waals surface area contributed by atoms with E-state index in [1.165, 1.54) is 20.8 Å². The number of ether oxygens (including phenoxy) is 4. The van der Waals surface area contributed by atoms with Crippen LogP contribution in [0.2, 0.25) is 0 Å². The third-order valence-electron chi connectivity index (χ3n) is 7.18. The van der Waals surface area contributed by atoms with Gasteiger partial charge in [0.1, 0.15) is 0 Å². The van der Waals surface area contributed by atoms with E-state index >= 15 is 0 Å². The summed E-state index contributed by atoms with van der Waals surface area (Å²) in [6.45, 7) is 4.75. The standard InChI is InChI=1S/C23H25NO7/c1-12(25)24-10-9-22-19-15-5-6-16(28-4)20(19)30-21(22)17(29-13(2)26)7-8-23(22,18(24)11-15)31-14(3)27/h5-8,17-18,21H,9-11H2,1-4H3/t17-,18+,21-,22-,23+/m0/s1. The highest BCUT2D eigenvalue weighted by atomic mass is 16.6. The Balaban J connectivity index is 1.82. The topological polar surface area (TPSA) is 91.4 Å². The number of amides is 1. The van der Waals surface area contributed by atoms with Gasteiger partial charge in [-0.05, 0) is 36.6 Å². The number of carbonyl (C=O) groups excluding carboxylic acids is 3. The Bertz CT molecular complexity index is 1030. The lowest BCUT2D eigenvalue weighted by Crippen LogP contribution is -2.77. The second-order valence-corrected chi connectivity index (χ2v) is 8.64. The fourth-order valence-corrected chi connectivity index (χ4v) is 6.29. The van der Waals surface area contributed by atoms with E-state index in [1.54, 1.807) is 18.1 Å². The second-order valence-electron chi connectivity index (χ2n) is 8.64. The van der Waals surface area contributed by atoms with Gasteiger partial charge < -0.3 is 23.8 Å². The number of nitrogens with zero attached hydrogens (tertiary/aromatic N) is 1. The molecule has 5 atom stereocenters. The van der Waals surface area contributed by atoms with E-state index in [4.69, 9.17) is 18.9 Å². The SMILES string of the molecule is COc1ccc2c3c1O[C@H]1[C@@H](OC(C)=O)C=C[C@@]4(OC(C)=O)[C@@H](C2)N(C(C)=O)CC[C@]314. The average Bonchev–Trinajstić information content (AvgIpc) is 3.03. The van der Waals surface area contributed by atoms with Gasteiger partial charge in [0.15, 0.2) is 29.3 Å². The first-order chi connectivity index (χ1) is 14.7. The molecule has 1 spiro atoms. The molecule has 1 amide bonds. The first-order valence-electron chi connectivity index (χ1n) is 10.5. The van der Waals surface area contributed by atoms with Crippen LogP contribution in [0.3, 0.4) is 0 Å². The number of likely N-dealkylation sites (tertiary alicyclic amines) is 1. The minimum absolute atomic E-state index is 0.0745. The Morgan fingerprint density at radius 3 is 2.58 bits per heavy atom. The summed E-state index contributed by atoms with van der Waals surface area (Å²) in [6.07, 6.45) is 3.29. The van der Waals surface area contributed by atoms with E-state index in [1.807, 2.05) is 18.2 Å². The smallest absolute Gasteiger partial charge is 0.303 e. The summed E-state index contributed by atoms with van der Waals surface area (Å²) in [4.78, 5) is 38.6. The highest BCUT2D eigenvalue weighted by molar-refractivity contribution is 5.77. The van der Waals surface area contributed by atoms with Crippen molar-refractivity contribution in [3.63, 3.8) is 0 Å². The molecule has 0 radical (unpaired) electrons. The Morgan fingerprint density at radius 2 is 1.94 bits per heavy atom. The number of carbonyl (C=O) groups is 3. The number of methoxy groups -OCH3 is 1. The summed E-state index contributed by atoms with van der Waals surface area (Å²) < 4.78 is 23.8. The van der Waals surface area contributed by atoms with Crippen LogP contribution >= 0.6 is 0 Å². The van der Waals surface area contributed by atoms with Crippen molar-refractivity contribution < 1.29 is 33.3 Å². The Labute approximate surface area is 180 Å². The Morgan fingerprint density at radius 1 is 1.16 bits per heavy atom. The van der Waals surface area contributed by atoms with Crippen LogP contribution in [0.4, 0.5) is 0 Å². The minimum Gasteiger partial charge on any atom is -0.493 e. The largest absolute Gasteiger partial charge is 0.493 e. The van der Waals surface area contributed by atoms with E-state index < -0.39 is 41.2 Å². The molecule has 1 aromatic carbocycles. The van der Waals surface area contributed by atoms with Gasteiger partial charge in [-0.3, -0.25) is 14.4 Å². The van der Waals surface area contributed by atoms with Crippen LogP contribution in [-0.4, -0.2) is 60.3 Å². The van der Waals surface area contributed by atoms with Crippen LogP contribution in [0.1, 0.15) is 38.3 Å². The van der Waals surface area contributed by atoms with E-state index in [2.05, 4.69) is 0 Å². The molecule has 8 nitrogen and oxygen atoms in total. The number of hydrogen-bond donors (Lipinski definition) is 0. The van der Waals surface area contributed by atoms with Crippen molar-refractivity contribution in [3.05, 3.63) is 35.4 Å². The summed E-state index contributed by atoms with van der Waals surface area (Å²) in [5.74, 6) is 0.232. The van der Waals surface area contributed by atoms with Gasteiger partial charge in [-0.25, -0.2) is 0 Å². The molecular weight excluding hydrogens is 402 g/mol. The van der Waals surface area contributed by atoms with E-state index in [-0.39, 0.29) is 5.91 Å². The first-order valence-corrected chi connectivity index (χ1v) is 10.5. The minimum atomic E-state index is -1.13. The van der Waals surface area contributed by atoms with Gasteiger partial charge in [-0.1, -0.05) is 6.07 Å². The van der Waals surface area contributed by atoms with E-state index in [9.17, 15) is 14.4 Å². The number of hydrogen-bond acceptors (Lipinski definition) is 7. The third kappa shape index (κ3) is 2.38. The van der Waals surface area contributed by atoms with Gasteiger partial charge in [0.2, 0.25) is 5.91 Å². The number of esters is 2. The third-order valence-corrected chi connectivity index (χ3v) is 7.18.